The number of carbonyl (C=O) groups excluding carboxylic acids is 3. The monoisotopic (exact) mass is 408 g/mol. The normalized spacial score (nSPS) is 17.3. The predicted molar refractivity (Wildman–Crippen MR) is 101 cm³/mol. The molecule has 2 atom stereocenters. The van der Waals surface area contributed by atoms with Crippen molar-refractivity contribution in [1.29, 1.82) is 0 Å². The van der Waals surface area contributed by atoms with Gasteiger partial charge in [0, 0.05) is 6.54 Å². The number of alkyl halides is 1. The molecule has 2 amide bonds. The summed E-state index contributed by atoms with van der Waals surface area (Å²) in [5, 5.41) is 11.2. The SMILES string of the molecule is Cc1cccc(COC(=O)N2CCCC[C@H]2C(=O)NC(CC(=O)O)C(=O)CF)c1. The Morgan fingerprint density at radius 1 is 1.31 bits per heavy atom. The average molecular weight is 408 g/mol. The molecule has 0 aromatic heterocycles. The van der Waals surface area contributed by atoms with Crippen molar-refractivity contribution in [3.63, 3.8) is 0 Å². The van der Waals surface area contributed by atoms with Gasteiger partial charge in [0.2, 0.25) is 5.91 Å². The van der Waals surface area contributed by atoms with Gasteiger partial charge in [0.25, 0.3) is 0 Å². The first-order valence-corrected chi connectivity index (χ1v) is 9.41. The summed E-state index contributed by atoms with van der Waals surface area (Å²) in [7, 11) is 0. The molecule has 0 aliphatic carbocycles. The van der Waals surface area contributed by atoms with Crippen LogP contribution in [0.2, 0.25) is 0 Å². The van der Waals surface area contributed by atoms with Gasteiger partial charge in [-0.1, -0.05) is 29.8 Å². The first-order chi connectivity index (χ1) is 13.8. The Bertz CT molecular complexity index is 769. The fourth-order valence-corrected chi connectivity index (χ4v) is 3.23. The van der Waals surface area contributed by atoms with Gasteiger partial charge >= 0.3 is 12.1 Å². The number of benzene rings is 1. The number of carboxylic acid groups (broad SMARTS) is 1. The number of rotatable bonds is 8. The van der Waals surface area contributed by atoms with E-state index in [2.05, 4.69) is 5.32 Å². The molecule has 29 heavy (non-hydrogen) atoms. The highest BCUT2D eigenvalue weighted by atomic mass is 19.1. The number of nitrogens with one attached hydrogen (secondary N) is 1. The van der Waals surface area contributed by atoms with Crippen LogP contribution in [0.25, 0.3) is 0 Å². The molecule has 2 N–H and O–H groups in total. The second-order valence-corrected chi connectivity index (χ2v) is 7.01. The van der Waals surface area contributed by atoms with Crippen molar-refractivity contribution in [1.82, 2.24) is 10.2 Å². The number of aliphatic carboxylic acids is 1. The number of hydrogen-bond acceptors (Lipinski definition) is 5. The van der Waals surface area contributed by atoms with Gasteiger partial charge in [-0.3, -0.25) is 19.3 Å². The van der Waals surface area contributed by atoms with Crippen LogP contribution in [0.4, 0.5) is 9.18 Å². The zero-order valence-corrected chi connectivity index (χ0v) is 16.2. The van der Waals surface area contributed by atoms with Gasteiger partial charge in [-0.05, 0) is 31.7 Å². The van der Waals surface area contributed by atoms with Crippen LogP contribution in [0.15, 0.2) is 24.3 Å². The molecule has 0 saturated carbocycles. The summed E-state index contributed by atoms with van der Waals surface area (Å²) >= 11 is 0. The number of ketones is 1. The molecule has 0 spiro atoms. The third kappa shape index (κ3) is 6.55. The number of piperidine rings is 1. The number of halogens is 1. The third-order valence-electron chi connectivity index (χ3n) is 4.70. The van der Waals surface area contributed by atoms with E-state index in [1.807, 2.05) is 31.2 Å². The molecule has 0 radical (unpaired) electrons. The standard InChI is InChI=1S/C20H25FN2O6/c1-13-5-4-6-14(9-13)12-29-20(28)23-8-3-2-7-16(23)19(27)22-15(10-18(25)26)17(24)11-21/h4-6,9,15-16H,2-3,7-8,10-12H2,1H3,(H,22,27)(H,25,26)/t15?,16-/m0/s1. The van der Waals surface area contributed by atoms with Gasteiger partial charge < -0.3 is 15.2 Å². The van der Waals surface area contributed by atoms with Crippen LogP contribution in [0.1, 0.15) is 36.8 Å². The van der Waals surface area contributed by atoms with Crippen LogP contribution in [-0.2, 0) is 25.7 Å². The Morgan fingerprint density at radius 3 is 2.72 bits per heavy atom. The summed E-state index contributed by atoms with van der Waals surface area (Å²) in [6.07, 6.45) is 0.317. The number of ether oxygens (including phenoxy) is 1. The van der Waals surface area contributed by atoms with Crippen LogP contribution in [0.3, 0.4) is 0 Å². The van der Waals surface area contributed by atoms with Crippen LogP contribution in [-0.4, -0.2) is 59.1 Å². The van der Waals surface area contributed by atoms with E-state index in [-0.39, 0.29) is 6.61 Å². The van der Waals surface area contributed by atoms with Gasteiger partial charge in [0.1, 0.15) is 25.4 Å². The van der Waals surface area contributed by atoms with E-state index in [0.29, 0.717) is 25.8 Å². The predicted octanol–water partition coefficient (Wildman–Crippen LogP) is 1.98. The highest BCUT2D eigenvalue weighted by Crippen LogP contribution is 2.19. The summed E-state index contributed by atoms with van der Waals surface area (Å²) in [6, 6.07) is 5.09. The molecule has 1 aromatic carbocycles. The van der Waals surface area contributed by atoms with Crippen molar-refractivity contribution in [2.45, 2.75) is 51.3 Å². The summed E-state index contributed by atoms with van der Waals surface area (Å²) in [5.74, 6) is -3.05. The van der Waals surface area contributed by atoms with Gasteiger partial charge in [0.15, 0.2) is 5.78 Å². The van der Waals surface area contributed by atoms with Crippen molar-refractivity contribution in [3.8, 4) is 0 Å². The van der Waals surface area contributed by atoms with Crippen molar-refractivity contribution in [2.75, 3.05) is 13.2 Å². The van der Waals surface area contributed by atoms with E-state index in [0.717, 1.165) is 11.1 Å². The number of nitrogens with zero attached hydrogens (tertiary/aromatic N) is 1. The molecule has 2 rings (SSSR count). The lowest BCUT2D eigenvalue weighted by atomic mass is 10.0. The van der Waals surface area contributed by atoms with Crippen LogP contribution in [0.5, 0.6) is 0 Å². The minimum atomic E-state index is -1.47. The highest BCUT2D eigenvalue weighted by molar-refractivity contribution is 5.94. The lowest BCUT2D eigenvalue weighted by Gasteiger charge is -2.34. The van der Waals surface area contributed by atoms with E-state index >= 15 is 0 Å². The number of hydrogen-bond donors (Lipinski definition) is 2. The highest BCUT2D eigenvalue weighted by Gasteiger charge is 2.35. The van der Waals surface area contributed by atoms with Crippen LogP contribution >= 0.6 is 0 Å². The molecule has 158 valence electrons. The van der Waals surface area contributed by atoms with Gasteiger partial charge in [-0.25, -0.2) is 9.18 Å². The Hall–Kier alpha value is -2.97. The van der Waals surface area contributed by atoms with E-state index in [4.69, 9.17) is 9.84 Å². The largest absolute Gasteiger partial charge is 0.481 e. The van der Waals surface area contributed by atoms with Gasteiger partial charge in [-0.2, -0.15) is 0 Å². The fourth-order valence-electron chi connectivity index (χ4n) is 3.23. The second-order valence-electron chi connectivity index (χ2n) is 7.01. The molecule has 8 nitrogen and oxygen atoms in total. The third-order valence-corrected chi connectivity index (χ3v) is 4.70. The summed E-state index contributed by atoms with van der Waals surface area (Å²) < 4.78 is 18.0. The van der Waals surface area contributed by atoms with Crippen LogP contribution in [0, 0.1) is 6.92 Å². The molecular formula is C20H25FN2O6. The number of amides is 2. The van der Waals surface area contributed by atoms with Crippen molar-refractivity contribution >= 4 is 23.8 Å². The number of carboxylic acids is 1. The topological polar surface area (TPSA) is 113 Å². The number of Topliss-reactive ketones (excluding diaryl/α,β-unsaturated/α-hetero) is 1. The van der Waals surface area contributed by atoms with E-state index < -0.39 is 48.9 Å². The zero-order chi connectivity index (χ0) is 21.4. The lowest BCUT2D eigenvalue weighted by molar-refractivity contribution is -0.140. The molecular weight excluding hydrogens is 383 g/mol. The minimum absolute atomic E-state index is 0.0489. The van der Waals surface area contributed by atoms with Crippen LogP contribution < -0.4 is 5.32 Å². The summed E-state index contributed by atoms with van der Waals surface area (Å²) in [4.78, 5) is 48.9. The minimum Gasteiger partial charge on any atom is -0.481 e. The maximum Gasteiger partial charge on any atom is 0.410 e. The summed E-state index contributed by atoms with van der Waals surface area (Å²) in [6.45, 7) is 0.881. The second kappa shape index (κ2) is 10.5. The Morgan fingerprint density at radius 2 is 2.07 bits per heavy atom. The van der Waals surface area contributed by atoms with E-state index in [1.165, 1.54) is 4.90 Å². The fraction of sp³-hybridized carbons (Fsp3) is 0.500. The summed E-state index contributed by atoms with van der Waals surface area (Å²) in [5.41, 5.74) is 1.84. The Labute approximate surface area is 168 Å². The molecule has 0 bridgehead atoms. The van der Waals surface area contributed by atoms with Crippen molar-refractivity contribution in [3.05, 3.63) is 35.4 Å². The van der Waals surface area contributed by atoms with Crippen molar-refractivity contribution in [2.24, 2.45) is 0 Å². The quantitative estimate of drug-likeness (QED) is 0.680. The molecule has 1 heterocycles. The number of carbonyl (C=O) groups is 4. The first-order valence-electron chi connectivity index (χ1n) is 9.41. The molecule has 9 heteroatoms. The Balaban J connectivity index is 2.02. The Kier molecular flexibility index (Phi) is 8.11. The van der Waals surface area contributed by atoms with Crippen molar-refractivity contribution < 1.29 is 33.4 Å². The van der Waals surface area contributed by atoms with E-state index in [1.54, 1.807) is 0 Å². The van der Waals surface area contributed by atoms with Gasteiger partial charge in [-0.15, -0.1) is 0 Å². The maximum atomic E-state index is 12.7. The average Bonchev–Trinajstić information content (AvgIpc) is 2.70. The molecule has 1 saturated heterocycles. The molecule has 1 aliphatic heterocycles. The number of aryl methyl sites for hydroxylation is 1. The molecule has 1 unspecified atom stereocenters. The van der Waals surface area contributed by atoms with E-state index in [9.17, 15) is 23.6 Å². The lowest BCUT2D eigenvalue weighted by Crippen LogP contribution is -2.55. The molecule has 1 aliphatic rings. The first kappa shape index (κ1) is 22.3. The number of likely N-dealkylation sites (tertiary alicyclic amines) is 1. The maximum absolute atomic E-state index is 12.7. The zero-order valence-electron chi connectivity index (χ0n) is 16.2. The smallest absolute Gasteiger partial charge is 0.410 e. The molecule has 1 fully saturated rings. The molecule has 1 aromatic rings. The van der Waals surface area contributed by atoms with Gasteiger partial charge in [0.05, 0.1) is 6.42 Å².